The van der Waals surface area contributed by atoms with Gasteiger partial charge in [0.25, 0.3) is 5.91 Å². The number of aryl methyl sites for hydroxylation is 1. The molecule has 0 unspecified atom stereocenters. The maximum absolute atomic E-state index is 12.9. The number of allylic oxidation sites excluding steroid dienone is 1. The monoisotopic (exact) mass is 368 g/mol. The number of aromatic nitrogens is 2. The molecule has 0 spiro atoms. The minimum absolute atomic E-state index is 0.275. The molecule has 5 nitrogen and oxygen atoms in total. The Morgan fingerprint density at radius 1 is 1.19 bits per heavy atom. The molecule has 0 atom stereocenters. The molecule has 1 aromatic heterocycles. The van der Waals surface area contributed by atoms with E-state index in [1.54, 1.807) is 18.2 Å². The summed E-state index contributed by atoms with van der Waals surface area (Å²) >= 11 is 0. The van der Waals surface area contributed by atoms with Crippen LogP contribution in [0, 0.1) is 12.7 Å². The lowest BCUT2D eigenvalue weighted by molar-refractivity contribution is 0.0945. The molecule has 0 radical (unpaired) electrons. The summed E-state index contributed by atoms with van der Waals surface area (Å²) in [6, 6.07) is 7.70. The first kappa shape index (κ1) is 19.0. The number of nitrogens with zero attached hydrogens (tertiary/aromatic N) is 2. The van der Waals surface area contributed by atoms with E-state index in [0.29, 0.717) is 18.2 Å². The summed E-state index contributed by atoms with van der Waals surface area (Å²) in [7, 11) is 0. The van der Waals surface area contributed by atoms with E-state index < -0.39 is 0 Å². The van der Waals surface area contributed by atoms with Crippen LogP contribution in [0.1, 0.15) is 53.8 Å². The van der Waals surface area contributed by atoms with Crippen molar-refractivity contribution in [3.05, 3.63) is 64.7 Å². The average molecular weight is 368 g/mol. The number of hydrogen-bond acceptors (Lipinski definition) is 4. The van der Waals surface area contributed by atoms with E-state index in [1.807, 2.05) is 6.92 Å². The number of benzene rings is 1. The van der Waals surface area contributed by atoms with Crippen molar-refractivity contribution in [3.8, 4) is 0 Å². The van der Waals surface area contributed by atoms with Gasteiger partial charge in [-0.3, -0.25) is 4.79 Å². The lowest BCUT2D eigenvalue weighted by Crippen LogP contribution is -2.24. The minimum Gasteiger partial charge on any atom is -0.354 e. The Morgan fingerprint density at radius 3 is 2.74 bits per heavy atom. The smallest absolute Gasteiger partial charge is 0.270 e. The van der Waals surface area contributed by atoms with Gasteiger partial charge in [0.1, 0.15) is 11.5 Å². The van der Waals surface area contributed by atoms with E-state index in [4.69, 9.17) is 0 Å². The van der Waals surface area contributed by atoms with Crippen LogP contribution in [0.4, 0.5) is 10.3 Å². The molecule has 1 aliphatic rings. The molecule has 3 rings (SSSR count). The number of hydrogen-bond donors (Lipinski definition) is 2. The first-order valence-corrected chi connectivity index (χ1v) is 9.40. The van der Waals surface area contributed by atoms with Crippen LogP contribution in [-0.4, -0.2) is 22.4 Å². The Hall–Kier alpha value is -2.76. The zero-order valence-electron chi connectivity index (χ0n) is 15.6. The van der Waals surface area contributed by atoms with Crippen LogP contribution in [0.3, 0.4) is 0 Å². The summed E-state index contributed by atoms with van der Waals surface area (Å²) in [5.41, 5.74) is 3.37. The van der Waals surface area contributed by atoms with Crippen LogP contribution in [0.25, 0.3) is 0 Å². The second-order valence-corrected chi connectivity index (χ2v) is 6.81. The number of carbonyl (C=O) groups is 1. The predicted molar refractivity (Wildman–Crippen MR) is 104 cm³/mol. The zero-order chi connectivity index (χ0) is 19.1. The third kappa shape index (κ3) is 5.88. The molecule has 1 aliphatic carbocycles. The normalized spacial score (nSPS) is 13.8. The Morgan fingerprint density at radius 2 is 2.00 bits per heavy atom. The first-order chi connectivity index (χ1) is 13.1. The summed E-state index contributed by atoms with van der Waals surface area (Å²) in [4.78, 5) is 21.1. The highest BCUT2D eigenvalue weighted by Crippen LogP contribution is 2.19. The van der Waals surface area contributed by atoms with Gasteiger partial charge in [0.15, 0.2) is 0 Å². The van der Waals surface area contributed by atoms with Gasteiger partial charge >= 0.3 is 0 Å². The summed E-state index contributed by atoms with van der Waals surface area (Å²) in [5, 5.41) is 6.03. The van der Waals surface area contributed by atoms with Gasteiger partial charge in [0, 0.05) is 18.8 Å². The topological polar surface area (TPSA) is 66.9 Å². The van der Waals surface area contributed by atoms with Crippen molar-refractivity contribution >= 4 is 11.9 Å². The van der Waals surface area contributed by atoms with Gasteiger partial charge < -0.3 is 10.6 Å². The van der Waals surface area contributed by atoms with E-state index in [9.17, 15) is 9.18 Å². The quantitative estimate of drug-likeness (QED) is 0.720. The lowest BCUT2D eigenvalue weighted by Gasteiger charge is -2.13. The molecule has 0 aliphatic heterocycles. The maximum atomic E-state index is 12.9. The van der Waals surface area contributed by atoms with Gasteiger partial charge in [-0.1, -0.05) is 23.8 Å². The fourth-order valence-corrected chi connectivity index (χ4v) is 3.11. The van der Waals surface area contributed by atoms with Crippen molar-refractivity contribution in [3.63, 3.8) is 0 Å². The average Bonchev–Trinajstić information content (AvgIpc) is 2.68. The molecule has 1 aromatic carbocycles. The van der Waals surface area contributed by atoms with Crippen LogP contribution in [-0.2, 0) is 6.54 Å². The third-order valence-corrected chi connectivity index (χ3v) is 4.57. The molecular weight excluding hydrogens is 343 g/mol. The van der Waals surface area contributed by atoms with Crippen molar-refractivity contribution in [1.82, 2.24) is 15.3 Å². The molecule has 142 valence electrons. The fraction of sp³-hybridized carbons (Fsp3) is 0.381. The number of nitrogens with one attached hydrogen (secondary N) is 2. The summed E-state index contributed by atoms with van der Waals surface area (Å²) < 4.78 is 12.9. The van der Waals surface area contributed by atoms with Crippen molar-refractivity contribution in [2.45, 2.75) is 45.6 Å². The molecule has 6 heteroatoms. The maximum Gasteiger partial charge on any atom is 0.270 e. The van der Waals surface area contributed by atoms with Crippen molar-refractivity contribution < 1.29 is 9.18 Å². The molecule has 0 bridgehead atoms. The second-order valence-electron chi connectivity index (χ2n) is 6.81. The van der Waals surface area contributed by atoms with E-state index in [0.717, 1.165) is 24.2 Å². The summed E-state index contributed by atoms with van der Waals surface area (Å²) in [5.74, 6) is -0.0996. The molecule has 0 saturated carbocycles. The van der Waals surface area contributed by atoms with Crippen molar-refractivity contribution in [2.24, 2.45) is 0 Å². The number of anilines is 1. The zero-order valence-corrected chi connectivity index (χ0v) is 15.6. The Kier molecular flexibility index (Phi) is 6.52. The molecule has 1 heterocycles. The van der Waals surface area contributed by atoms with E-state index in [-0.39, 0.29) is 11.7 Å². The Bertz CT molecular complexity index is 817. The summed E-state index contributed by atoms with van der Waals surface area (Å²) in [6.07, 6.45) is 8.21. The van der Waals surface area contributed by atoms with Crippen LogP contribution in [0.15, 0.2) is 42.0 Å². The molecule has 1 amide bonds. The van der Waals surface area contributed by atoms with Crippen LogP contribution < -0.4 is 10.6 Å². The van der Waals surface area contributed by atoms with Gasteiger partial charge in [-0.25, -0.2) is 14.4 Å². The Labute approximate surface area is 159 Å². The molecule has 0 saturated heterocycles. The van der Waals surface area contributed by atoms with Gasteiger partial charge in [-0.15, -0.1) is 0 Å². The van der Waals surface area contributed by atoms with Gasteiger partial charge in [-0.05, 0) is 62.8 Å². The first-order valence-electron chi connectivity index (χ1n) is 9.40. The SMILES string of the molecule is Cc1cc(C(=O)NCc2ccc(F)cc2)nc(NCCC2=CCCCC2)n1. The largest absolute Gasteiger partial charge is 0.354 e. The summed E-state index contributed by atoms with van der Waals surface area (Å²) in [6.45, 7) is 2.91. The number of halogens is 1. The molecule has 27 heavy (non-hydrogen) atoms. The third-order valence-electron chi connectivity index (χ3n) is 4.57. The molecule has 2 aromatic rings. The fourth-order valence-electron chi connectivity index (χ4n) is 3.11. The predicted octanol–water partition coefficient (Wildman–Crippen LogP) is 4.16. The van der Waals surface area contributed by atoms with Gasteiger partial charge in [0.2, 0.25) is 5.95 Å². The minimum atomic E-state index is -0.295. The van der Waals surface area contributed by atoms with Crippen LogP contribution in [0.2, 0.25) is 0 Å². The lowest BCUT2D eigenvalue weighted by atomic mass is 9.97. The standard InChI is InChI=1S/C21H25FN4O/c1-15-13-19(20(27)24-14-17-7-9-18(22)10-8-17)26-21(25-15)23-12-11-16-5-3-2-4-6-16/h5,7-10,13H,2-4,6,11-12,14H2,1H3,(H,24,27)(H,23,25,26). The van der Waals surface area contributed by atoms with E-state index in [2.05, 4.69) is 26.7 Å². The highest BCUT2D eigenvalue weighted by molar-refractivity contribution is 5.92. The van der Waals surface area contributed by atoms with Crippen LogP contribution >= 0.6 is 0 Å². The van der Waals surface area contributed by atoms with Gasteiger partial charge in [0.05, 0.1) is 0 Å². The van der Waals surface area contributed by atoms with E-state index >= 15 is 0 Å². The molecular formula is C21H25FN4O. The van der Waals surface area contributed by atoms with E-state index in [1.165, 1.54) is 43.4 Å². The van der Waals surface area contributed by atoms with Gasteiger partial charge in [-0.2, -0.15) is 0 Å². The highest BCUT2D eigenvalue weighted by Gasteiger charge is 2.11. The highest BCUT2D eigenvalue weighted by atomic mass is 19.1. The number of amides is 1. The Balaban J connectivity index is 1.55. The number of rotatable bonds is 7. The van der Waals surface area contributed by atoms with Crippen LogP contribution in [0.5, 0.6) is 0 Å². The second kappa shape index (κ2) is 9.26. The van der Waals surface area contributed by atoms with Crippen molar-refractivity contribution in [1.29, 1.82) is 0 Å². The van der Waals surface area contributed by atoms with Crippen molar-refractivity contribution in [2.75, 3.05) is 11.9 Å². The number of carbonyl (C=O) groups excluding carboxylic acids is 1. The molecule has 2 N–H and O–H groups in total. The molecule has 0 fully saturated rings.